The van der Waals surface area contributed by atoms with Gasteiger partial charge < -0.3 is 30.7 Å². The fourth-order valence-electron chi connectivity index (χ4n) is 4.53. The number of fused-ring (bicyclic) bond motifs is 1. The lowest BCUT2D eigenvalue weighted by Gasteiger charge is -2.41. The first-order valence-electron chi connectivity index (χ1n) is 10.6. The molecular formula is C20H26N8O3. The van der Waals surface area contributed by atoms with Gasteiger partial charge in [0.25, 0.3) is 0 Å². The number of morpholine rings is 1. The summed E-state index contributed by atoms with van der Waals surface area (Å²) < 4.78 is 10.7. The van der Waals surface area contributed by atoms with Gasteiger partial charge in [-0.3, -0.25) is 0 Å². The molecule has 11 nitrogen and oxygen atoms in total. The van der Waals surface area contributed by atoms with Gasteiger partial charge in [-0.1, -0.05) is 0 Å². The van der Waals surface area contributed by atoms with Crippen molar-refractivity contribution < 1.29 is 14.3 Å². The van der Waals surface area contributed by atoms with Gasteiger partial charge in [0.1, 0.15) is 11.9 Å². The Balaban J connectivity index is 1.51. The van der Waals surface area contributed by atoms with E-state index in [4.69, 9.17) is 30.9 Å². The van der Waals surface area contributed by atoms with E-state index in [-0.39, 0.29) is 24.1 Å². The molecule has 2 aromatic rings. The average Bonchev–Trinajstić information content (AvgIpc) is 3.14. The Morgan fingerprint density at radius 2 is 1.97 bits per heavy atom. The van der Waals surface area contributed by atoms with Crippen LogP contribution in [0.2, 0.25) is 0 Å². The number of hydrogen-bond acceptors (Lipinski definition) is 10. The molecule has 11 heteroatoms. The van der Waals surface area contributed by atoms with Gasteiger partial charge in [0.05, 0.1) is 24.9 Å². The summed E-state index contributed by atoms with van der Waals surface area (Å²) in [5, 5.41) is 0. The van der Waals surface area contributed by atoms with Gasteiger partial charge in [-0.15, -0.1) is 0 Å². The number of nitrogen functional groups attached to an aromatic ring is 1. The van der Waals surface area contributed by atoms with Crippen molar-refractivity contribution in [3.8, 4) is 11.3 Å². The van der Waals surface area contributed by atoms with Crippen molar-refractivity contribution in [2.75, 3.05) is 41.8 Å². The van der Waals surface area contributed by atoms with E-state index in [9.17, 15) is 4.79 Å². The number of anilines is 3. The molecule has 0 unspecified atom stereocenters. The number of aromatic nitrogens is 4. The van der Waals surface area contributed by atoms with Crippen LogP contribution in [-0.2, 0) is 15.9 Å². The highest BCUT2D eigenvalue weighted by Crippen LogP contribution is 2.40. The standard InChI is InChI=1S/C20H26N8O3/c1-11-10-30-5-4-27(11)20-25-16(12-8-23-18(21)24-9-12)15-2-3-28(17(15)26-20)13-6-14(7-13)31-19(22)29/h8-9,11,13-14H,2-7,10H2,1H3,(H2,22,29)(H2,21,23,24)/t11-,13-,14+/m0/s1. The maximum Gasteiger partial charge on any atom is 0.404 e. The molecular weight excluding hydrogens is 400 g/mol. The Morgan fingerprint density at radius 1 is 1.19 bits per heavy atom. The van der Waals surface area contributed by atoms with Crippen LogP contribution in [0.1, 0.15) is 25.3 Å². The molecule has 4 N–H and O–H groups in total. The Morgan fingerprint density at radius 3 is 2.68 bits per heavy atom. The second kappa shape index (κ2) is 7.80. The van der Waals surface area contributed by atoms with Gasteiger partial charge in [0.2, 0.25) is 11.9 Å². The van der Waals surface area contributed by atoms with Crippen LogP contribution in [0.5, 0.6) is 0 Å². The van der Waals surface area contributed by atoms with Crippen LogP contribution in [0.3, 0.4) is 0 Å². The van der Waals surface area contributed by atoms with Crippen LogP contribution in [0.15, 0.2) is 12.4 Å². The Kier molecular flexibility index (Phi) is 4.97. The number of amides is 1. The third kappa shape index (κ3) is 3.69. The summed E-state index contributed by atoms with van der Waals surface area (Å²) in [4.78, 5) is 33.8. The monoisotopic (exact) mass is 426 g/mol. The molecule has 2 aliphatic heterocycles. The number of nitrogens with zero attached hydrogens (tertiary/aromatic N) is 6. The number of rotatable bonds is 4. The Bertz CT molecular complexity index is 979. The van der Waals surface area contributed by atoms with Crippen molar-refractivity contribution >= 4 is 23.8 Å². The zero-order chi connectivity index (χ0) is 21.5. The molecule has 1 amide bonds. The van der Waals surface area contributed by atoms with E-state index in [0.29, 0.717) is 19.2 Å². The van der Waals surface area contributed by atoms with Crippen LogP contribution >= 0.6 is 0 Å². The lowest BCUT2D eigenvalue weighted by Crippen LogP contribution is -2.49. The third-order valence-electron chi connectivity index (χ3n) is 6.21. The molecule has 0 spiro atoms. The number of hydrogen-bond donors (Lipinski definition) is 2. The molecule has 1 atom stereocenters. The highest BCUT2D eigenvalue weighted by atomic mass is 16.6. The summed E-state index contributed by atoms with van der Waals surface area (Å²) in [5.74, 6) is 1.84. The molecule has 0 aromatic carbocycles. The van der Waals surface area contributed by atoms with Crippen molar-refractivity contribution in [3.05, 3.63) is 18.0 Å². The smallest absolute Gasteiger partial charge is 0.404 e. The number of nitrogens with two attached hydrogens (primary N) is 2. The molecule has 1 saturated heterocycles. The minimum atomic E-state index is -0.721. The SMILES string of the molecule is C[C@H]1COCCN1c1nc(-c2cnc(N)nc2)c2c(n1)N([C@H]1C[C@@H](OC(N)=O)C1)CC2. The van der Waals surface area contributed by atoms with Gasteiger partial charge >= 0.3 is 6.09 Å². The molecule has 31 heavy (non-hydrogen) atoms. The predicted octanol–water partition coefficient (Wildman–Crippen LogP) is 0.730. The summed E-state index contributed by atoms with van der Waals surface area (Å²) in [6.07, 6.45) is 4.89. The van der Waals surface area contributed by atoms with E-state index in [1.54, 1.807) is 12.4 Å². The largest absolute Gasteiger partial charge is 0.446 e. The topological polar surface area (TPSA) is 146 Å². The van der Waals surface area contributed by atoms with Gasteiger partial charge in [0, 0.05) is 55.5 Å². The molecule has 0 bridgehead atoms. The van der Waals surface area contributed by atoms with Crippen molar-refractivity contribution in [1.82, 2.24) is 19.9 Å². The van der Waals surface area contributed by atoms with Gasteiger partial charge in [-0.2, -0.15) is 4.98 Å². The summed E-state index contributed by atoms with van der Waals surface area (Å²) in [6, 6.07) is 0.431. The molecule has 3 aliphatic rings. The molecule has 164 valence electrons. The van der Waals surface area contributed by atoms with Gasteiger partial charge in [-0.05, 0) is 13.3 Å². The first kappa shape index (κ1) is 19.7. The van der Waals surface area contributed by atoms with Crippen LogP contribution in [0, 0.1) is 0 Å². The molecule has 0 radical (unpaired) electrons. The lowest BCUT2D eigenvalue weighted by atomic mass is 9.88. The first-order chi connectivity index (χ1) is 15.0. The number of carbonyl (C=O) groups is 1. The molecule has 5 rings (SSSR count). The fourth-order valence-corrected chi connectivity index (χ4v) is 4.53. The summed E-state index contributed by atoms with van der Waals surface area (Å²) in [5.41, 5.74) is 13.6. The van der Waals surface area contributed by atoms with Gasteiger partial charge in [0.15, 0.2) is 0 Å². The molecule has 1 saturated carbocycles. The Hall–Kier alpha value is -3.21. The number of ether oxygens (including phenoxy) is 2. The van der Waals surface area contributed by atoms with Gasteiger partial charge in [-0.25, -0.2) is 19.7 Å². The number of carbonyl (C=O) groups excluding carboxylic acids is 1. The zero-order valence-electron chi connectivity index (χ0n) is 17.4. The minimum Gasteiger partial charge on any atom is -0.446 e. The molecule has 4 heterocycles. The highest BCUT2D eigenvalue weighted by molar-refractivity contribution is 5.73. The molecule has 2 aromatic heterocycles. The van der Waals surface area contributed by atoms with Crippen molar-refractivity contribution in [2.24, 2.45) is 5.73 Å². The third-order valence-corrected chi connectivity index (χ3v) is 6.21. The number of primary amides is 1. The fraction of sp³-hybridized carbons (Fsp3) is 0.550. The zero-order valence-corrected chi connectivity index (χ0v) is 17.4. The summed E-state index contributed by atoms with van der Waals surface area (Å²) in [6.45, 7) is 4.96. The minimum absolute atomic E-state index is 0.128. The molecule has 2 fully saturated rings. The van der Waals surface area contributed by atoms with Crippen molar-refractivity contribution in [2.45, 2.75) is 44.4 Å². The average molecular weight is 426 g/mol. The van der Waals surface area contributed by atoms with E-state index in [1.165, 1.54) is 0 Å². The van der Waals surface area contributed by atoms with Crippen LogP contribution in [0.25, 0.3) is 11.3 Å². The summed E-state index contributed by atoms with van der Waals surface area (Å²) >= 11 is 0. The summed E-state index contributed by atoms with van der Waals surface area (Å²) in [7, 11) is 0. The molecule has 1 aliphatic carbocycles. The Labute approximate surface area is 179 Å². The van der Waals surface area contributed by atoms with E-state index in [2.05, 4.69) is 26.7 Å². The maximum atomic E-state index is 11.0. The first-order valence-corrected chi connectivity index (χ1v) is 10.6. The highest BCUT2D eigenvalue weighted by Gasteiger charge is 2.40. The van der Waals surface area contributed by atoms with Crippen LogP contribution in [-0.4, -0.2) is 70.5 Å². The van der Waals surface area contributed by atoms with E-state index < -0.39 is 6.09 Å². The second-order valence-corrected chi connectivity index (χ2v) is 8.25. The van der Waals surface area contributed by atoms with Crippen LogP contribution in [0.4, 0.5) is 22.5 Å². The maximum absolute atomic E-state index is 11.0. The quantitative estimate of drug-likeness (QED) is 0.717. The van der Waals surface area contributed by atoms with E-state index in [0.717, 1.165) is 55.0 Å². The lowest BCUT2D eigenvalue weighted by molar-refractivity contribution is 0.0452. The van der Waals surface area contributed by atoms with E-state index >= 15 is 0 Å². The van der Waals surface area contributed by atoms with Crippen LogP contribution < -0.4 is 21.3 Å². The second-order valence-electron chi connectivity index (χ2n) is 8.25. The van der Waals surface area contributed by atoms with Crippen molar-refractivity contribution in [3.63, 3.8) is 0 Å². The predicted molar refractivity (Wildman–Crippen MR) is 114 cm³/mol. The van der Waals surface area contributed by atoms with E-state index in [1.807, 2.05) is 0 Å². The normalized spacial score (nSPS) is 25.1. The van der Waals surface area contributed by atoms with Crippen molar-refractivity contribution in [1.29, 1.82) is 0 Å².